The highest BCUT2D eigenvalue weighted by molar-refractivity contribution is 5.99. The van der Waals surface area contributed by atoms with Crippen molar-refractivity contribution < 1.29 is 9.90 Å². The van der Waals surface area contributed by atoms with Crippen molar-refractivity contribution in [3.05, 3.63) is 24.4 Å². The Morgan fingerprint density at radius 2 is 2.15 bits per heavy atom. The Morgan fingerprint density at radius 3 is 2.85 bits per heavy atom. The van der Waals surface area contributed by atoms with E-state index in [2.05, 4.69) is 9.88 Å². The zero-order valence-electron chi connectivity index (χ0n) is 10.9. The third-order valence-electron chi connectivity index (χ3n) is 4.51. The van der Waals surface area contributed by atoms with Gasteiger partial charge in [0.05, 0.1) is 17.4 Å². The van der Waals surface area contributed by atoms with E-state index in [1.54, 1.807) is 4.90 Å². The molecule has 2 saturated heterocycles. The maximum Gasteiger partial charge on any atom is 0.407 e. The third-order valence-corrected chi connectivity index (χ3v) is 4.51. The van der Waals surface area contributed by atoms with Gasteiger partial charge >= 0.3 is 6.09 Å². The summed E-state index contributed by atoms with van der Waals surface area (Å²) in [6, 6.07) is 6.24. The second-order valence-electron chi connectivity index (χ2n) is 5.57. The van der Waals surface area contributed by atoms with Crippen LogP contribution in [0.25, 0.3) is 10.9 Å². The Balaban J connectivity index is 1.74. The summed E-state index contributed by atoms with van der Waals surface area (Å²) < 4.78 is 0. The van der Waals surface area contributed by atoms with Crippen LogP contribution in [0.3, 0.4) is 0 Å². The minimum absolute atomic E-state index is 0.0890. The third kappa shape index (κ3) is 1.41. The summed E-state index contributed by atoms with van der Waals surface area (Å²) in [5, 5.41) is 10.3. The van der Waals surface area contributed by atoms with Crippen LogP contribution in [0, 0.1) is 0 Å². The molecule has 1 aromatic carbocycles. The number of nitrogens with zero attached hydrogens (tertiary/aromatic N) is 2. The van der Waals surface area contributed by atoms with Gasteiger partial charge in [-0.05, 0) is 24.6 Å². The van der Waals surface area contributed by atoms with Gasteiger partial charge < -0.3 is 25.6 Å². The van der Waals surface area contributed by atoms with Crippen molar-refractivity contribution in [1.29, 1.82) is 0 Å². The largest absolute Gasteiger partial charge is 0.465 e. The van der Waals surface area contributed by atoms with Crippen LogP contribution in [0.5, 0.6) is 0 Å². The van der Waals surface area contributed by atoms with Crippen molar-refractivity contribution in [2.45, 2.75) is 18.5 Å². The monoisotopic (exact) mass is 272 g/mol. The fourth-order valence-electron chi connectivity index (χ4n) is 3.63. The summed E-state index contributed by atoms with van der Waals surface area (Å²) in [5.41, 5.74) is 9.03. The molecule has 4 N–H and O–H groups in total. The first-order valence-corrected chi connectivity index (χ1v) is 6.77. The maximum absolute atomic E-state index is 11.2. The van der Waals surface area contributed by atoms with Crippen molar-refractivity contribution in [3.63, 3.8) is 0 Å². The molecule has 6 heteroatoms. The number of piperazine rings is 1. The Morgan fingerprint density at radius 1 is 1.30 bits per heavy atom. The van der Waals surface area contributed by atoms with Crippen molar-refractivity contribution in [2.75, 3.05) is 23.7 Å². The van der Waals surface area contributed by atoms with Gasteiger partial charge in [0, 0.05) is 36.2 Å². The quantitative estimate of drug-likeness (QED) is 0.690. The summed E-state index contributed by atoms with van der Waals surface area (Å²) in [6.07, 6.45) is 1.99. The summed E-state index contributed by atoms with van der Waals surface area (Å²) in [6.45, 7) is 1.30. The minimum atomic E-state index is -0.815. The summed E-state index contributed by atoms with van der Waals surface area (Å²) in [5.74, 6) is 0. The van der Waals surface area contributed by atoms with E-state index in [9.17, 15) is 4.79 Å². The number of nitrogens with one attached hydrogen (secondary N) is 1. The number of carboxylic acid groups (broad SMARTS) is 1. The first-order valence-electron chi connectivity index (χ1n) is 6.77. The maximum atomic E-state index is 11.2. The predicted molar refractivity (Wildman–Crippen MR) is 77.0 cm³/mol. The average Bonchev–Trinajstić information content (AvgIpc) is 3.11. The highest BCUT2D eigenvalue weighted by Crippen LogP contribution is 2.40. The molecular formula is C14H16N4O2. The predicted octanol–water partition coefficient (Wildman–Crippen LogP) is 1.69. The van der Waals surface area contributed by atoms with Gasteiger partial charge in [0.25, 0.3) is 0 Å². The standard InChI is InChI=1S/C14H16N4O2/c15-11-1-2-12-10(3-4-16-12)13(11)17-6-9-5-8(17)7-18(9)14(19)20/h1-4,8-9,16H,5-7,15H2,(H,19,20)/t8-,9-/m0/s1. The summed E-state index contributed by atoms with van der Waals surface area (Å²) in [4.78, 5) is 18.2. The molecule has 0 spiro atoms. The van der Waals surface area contributed by atoms with Crippen molar-refractivity contribution in [1.82, 2.24) is 9.88 Å². The van der Waals surface area contributed by atoms with Gasteiger partial charge in [0.1, 0.15) is 0 Å². The normalized spacial score (nSPS) is 24.8. The number of anilines is 2. The lowest BCUT2D eigenvalue weighted by molar-refractivity contribution is 0.137. The van der Waals surface area contributed by atoms with Gasteiger partial charge in [-0.2, -0.15) is 0 Å². The Hall–Kier alpha value is -2.37. The van der Waals surface area contributed by atoms with E-state index < -0.39 is 6.09 Å². The lowest BCUT2D eigenvalue weighted by atomic mass is 10.1. The molecule has 2 aliphatic rings. The topological polar surface area (TPSA) is 85.6 Å². The van der Waals surface area contributed by atoms with Gasteiger partial charge in [-0.25, -0.2) is 4.79 Å². The fourth-order valence-corrected chi connectivity index (χ4v) is 3.63. The van der Waals surface area contributed by atoms with Crippen LogP contribution < -0.4 is 10.6 Å². The van der Waals surface area contributed by atoms with Crippen LogP contribution in [0.4, 0.5) is 16.2 Å². The van der Waals surface area contributed by atoms with Crippen LogP contribution in [-0.2, 0) is 0 Å². The molecular weight excluding hydrogens is 256 g/mol. The Labute approximate surface area is 115 Å². The number of benzene rings is 1. The molecule has 1 aromatic heterocycles. The highest BCUT2D eigenvalue weighted by Gasteiger charge is 2.46. The number of amides is 1. The summed E-state index contributed by atoms with van der Waals surface area (Å²) in [7, 11) is 0. The van der Waals surface area contributed by atoms with Crippen LogP contribution in [0.1, 0.15) is 6.42 Å². The Bertz CT molecular complexity index is 696. The van der Waals surface area contributed by atoms with Crippen LogP contribution >= 0.6 is 0 Å². The molecule has 0 saturated carbocycles. The zero-order chi connectivity index (χ0) is 13.9. The number of nitrogens with two attached hydrogens (primary N) is 1. The number of fused-ring (bicyclic) bond motifs is 3. The van der Waals surface area contributed by atoms with E-state index >= 15 is 0 Å². The first-order chi connectivity index (χ1) is 9.65. The van der Waals surface area contributed by atoms with E-state index in [1.807, 2.05) is 24.4 Å². The van der Waals surface area contributed by atoms with Crippen LogP contribution in [0.2, 0.25) is 0 Å². The molecule has 0 radical (unpaired) electrons. The van der Waals surface area contributed by atoms with Crippen molar-refractivity contribution in [3.8, 4) is 0 Å². The first kappa shape index (κ1) is 11.5. The molecule has 2 bridgehead atoms. The zero-order valence-corrected chi connectivity index (χ0v) is 10.9. The van der Waals surface area contributed by atoms with E-state index in [0.717, 1.165) is 35.2 Å². The second kappa shape index (κ2) is 3.82. The Kier molecular flexibility index (Phi) is 2.19. The number of aromatic nitrogens is 1. The second-order valence-corrected chi connectivity index (χ2v) is 5.57. The smallest absolute Gasteiger partial charge is 0.407 e. The molecule has 2 fully saturated rings. The van der Waals surface area contributed by atoms with Gasteiger partial charge in [-0.3, -0.25) is 0 Å². The van der Waals surface area contributed by atoms with E-state index in [1.165, 1.54) is 0 Å². The SMILES string of the molecule is Nc1ccc2[nH]ccc2c1N1C[C@@H]2C[C@H]1CN2C(=O)O. The molecule has 0 aliphatic carbocycles. The molecule has 4 rings (SSSR count). The minimum Gasteiger partial charge on any atom is -0.465 e. The van der Waals surface area contributed by atoms with Gasteiger partial charge in [-0.1, -0.05) is 0 Å². The molecule has 6 nitrogen and oxygen atoms in total. The summed E-state index contributed by atoms with van der Waals surface area (Å²) >= 11 is 0. The van der Waals surface area contributed by atoms with Gasteiger partial charge in [0.15, 0.2) is 0 Å². The number of hydrogen-bond donors (Lipinski definition) is 3. The van der Waals surface area contributed by atoms with Crippen molar-refractivity contribution in [2.24, 2.45) is 0 Å². The van der Waals surface area contributed by atoms with Gasteiger partial charge in [0.2, 0.25) is 0 Å². The molecule has 3 heterocycles. The number of aromatic amines is 1. The number of hydrogen-bond acceptors (Lipinski definition) is 3. The van der Waals surface area contributed by atoms with Crippen LogP contribution in [0.15, 0.2) is 24.4 Å². The number of likely N-dealkylation sites (tertiary alicyclic amines) is 1. The number of H-pyrrole nitrogens is 1. The van der Waals surface area contributed by atoms with Crippen molar-refractivity contribution >= 4 is 28.4 Å². The number of carbonyl (C=O) groups is 1. The van der Waals surface area contributed by atoms with Crippen LogP contribution in [-0.4, -0.2) is 46.3 Å². The number of rotatable bonds is 1. The van der Waals surface area contributed by atoms with E-state index in [0.29, 0.717) is 6.54 Å². The van der Waals surface area contributed by atoms with E-state index in [4.69, 9.17) is 10.8 Å². The molecule has 104 valence electrons. The van der Waals surface area contributed by atoms with E-state index in [-0.39, 0.29) is 12.1 Å². The molecule has 2 aliphatic heterocycles. The fraction of sp³-hybridized carbons (Fsp3) is 0.357. The molecule has 2 aromatic rings. The highest BCUT2D eigenvalue weighted by atomic mass is 16.4. The molecule has 0 unspecified atom stereocenters. The van der Waals surface area contributed by atoms with Gasteiger partial charge in [-0.15, -0.1) is 0 Å². The lowest BCUT2D eigenvalue weighted by Gasteiger charge is -2.35. The number of nitrogen functional groups attached to an aromatic ring is 1. The average molecular weight is 272 g/mol. The lowest BCUT2D eigenvalue weighted by Crippen LogP contribution is -2.48. The molecule has 1 amide bonds. The molecule has 2 atom stereocenters. The molecule has 20 heavy (non-hydrogen) atoms.